The molecule has 2 aromatic carbocycles. The fraction of sp³-hybridized carbons (Fsp3) is 0.500. The first-order chi connectivity index (χ1) is 14.5. The maximum Gasteiger partial charge on any atom is 0.345 e. The number of benzene rings is 2. The Morgan fingerprint density at radius 1 is 1.20 bits per heavy atom. The first kappa shape index (κ1) is 19.6. The zero-order valence-electron chi connectivity index (χ0n) is 17.5. The average molecular weight is 407 g/mol. The molecular formula is C26H30O4. The molecule has 4 nitrogen and oxygen atoms in total. The molecule has 3 aliphatic rings. The van der Waals surface area contributed by atoms with Crippen molar-refractivity contribution in [1.82, 2.24) is 0 Å². The molecule has 5 rings (SSSR count). The molecule has 30 heavy (non-hydrogen) atoms. The number of ether oxygens (including phenoxy) is 2. The Hall–Kier alpha value is -2.33. The van der Waals surface area contributed by atoms with Gasteiger partial charge >= 0.3 is 5.97 Å². The van der Waals surface area contributed by atoms with Crippen molar-refractivity contribution in [2.24, 2.45) is 11.8 Å². The van der Waals surface area contributed by atoms with Gasteiger partial charge in [-0.05, 0) is 85.6 Å². The number of carboxylic acids is 1. The summed E-state index contributed by atoms with van der Waals surface area (Å²) in [5.41, 5.74) is 3.82. The van der Waals surface area contributed by atoms with E-state index in [0.29, 0.717) is 29.9 Å². The van der Waals surface area contributed by atoms with E-state index in [0.717, 1.165) is 25.0 Å². The highest BCUT2D eigenvalue weighted by atomic mass is 16.5. The summed E-state index contributed by atoms with van der Waals surface area (Å²) in [5.74, 6) is 1.71. The van der Waals surface area contributed by atoms with Gasteiger partial charge in [0.1, 0.15) is 5.75 Å². The summed E-state index contributed by atoms with van der Waals surface area (Å²) in [7, 11) is 0. The zero-order valence-corrected chi connectivity index (χ0v) is 17.5. The van der Waals surface area contributed by atoms with Crippen LogP contribution in [0.5, 0.6) is 5.75 Å². The molecule has 0 aromatic heterocycles. The van der Waals surface area contributed by atoms with Gasteiger partial charge in [-0.1, -0.05) is 36.4 Å². The van der Waals surface area contributed by atoms with Gasteiger partial charge in [0.25, 0.3) is 0 Å². The summed E-state index contributed by atoms with van der Waals surface area (Å²) in [4.78, 5) is 11.8. The Morgan fingerprint density at radius 2 is 2.03 bits per heavy atom. The Kier molecular flexibility index (Phi) is 5.06. The summed E-state index contributed by atoms with van der Waals surface area (Å²) < 4.78 is 12.1. The van der Waals surface area contributed by atoms with Crippen LogP contribution in [0.4, 0.5) is 0 Å². The number of hydrogen-bond acceptors (Lipinski definition) is 3. The van der Waals surface area contributed by atoms with Crippen molar-refractivity contribution < 1.29 is 19.4 Å². The Labute approximate surface area is 178 Å². The largest absolute Gasteiger partial charge is 0.478 e. The van der Waals surface area contributed by atoms with Crippen molar-refractivity contribution in [3.05, 3.63) is 65.2 Å². The van der Waals surface area contributed by atoms with Crippen molar-refractivity contribution in [3.8, 4) is 5.75 Å². The van der Waals surface area contributed by atoms with E-state index in [2.05, 4.69) is 19.1 Å². The lowest BCUT2D eigenvalue weighted by Gasteiger charge is -2.48. The third kappa shape index (κ3) is 3.51. The van der Waals surface area contributed by atoms with Gasteiger partial charge in [-0.25, -0.2) is 4.79 Å². The highest BCUT2D eigenvalue weighted by Gasteiger charge is 2.51. The first-order valence-corrected chi connectivity index (χ1v) is 11.2. The van der Waals surface area contributed by atoms with Gasteiger partial charge in [0.2, 0.25) is 0 Å². The monoisotopic (exact) mass is 406 g/mol. The Balaban J connectivity index is 1.34. The van der Waals surface area contributed by atoms with Gasteiger partial charge in [-0.2, -0.15) is 0 Å². The van der Waals surface area contributed by atoms with Crippen LogP contribution >= 0.6 is 0 Å². The molecule has 158 valence electrons. The molecule has 0 bridgehead atoms. The summed E-state index contributed by atoms with van der Waals surface area (Å²) in [6, 6.07) is 15.9. The molecule has 5 atom stereocenters. The minimum atomic E-state index is -0.926. The van der Waals surface area contributed by atoms with Gasteiger partial charge in [-0.15, -0.1) is 0 Å². The average Bonchev–Trinajstić information content (AvgIpc) is 3.15. The van der Waals surface area contributed by atoms with E-state index in [1.165, 1.54) is 30.4 Å². The molecule has 0 amide bonds. The number of carbonyl (C=O) groups is 1. The fourth-order valence-corrected chi connectivity index (χ4v) is 6.21. The summed E-state index contributed by atoms with van der Waals surface area (Å²) in [6.45, 7) is 3.22. The van der Waals surface area contributed by atoms with Crippen LogP contribution in [0.25, 0.3) is 0 Å². The second-order valence-electron chi connectivity index (χ2n) is 9.40. The van der Waals surface area contributed by atoms with E-state index < -0.39 is 12.1 Å². The van der Waals surface area contributed by atoms with Gasteiger partial charge < -0.3 is 14.6 Å². The molecular weight excluding hydrogens is 376 g/mol. The number of aryl methyl sites for hydroxylation is 1. The van der Waals surface area contributed by atoms with Crippen molar-refractivity contribution in [2.75, 3.05) is 6.61 Å². The third-order valence-corrected chi connectivity index (χ3v) is 7.71. The lowest BCUT2D eigenvalue weighted by molar-refractivity contribution is -0.145. The topological polar surface area (TPSA) is 55.8 Å². The van der Waals surface area contributed by atoms with E-state index in [1.54, 1.807) is 0 Å². The predicted molar refractivity (Wildman–Crippen MR) is 115 cm³/mol. The van der Waals surface area contributed by atoms with Gasteiger partial charge in [0.05, 0.1) is 5.60 Å². The summed E-state index contributed by atoms with van der Waals surface area (Å²) in [5, 5.41) is 9.66. The van der Waals surface area contributed by atoms with Crippen LogP contribution in [-0.2, 0) is 22.4 Å². The molecule has 0 radical (unpaired) electrons. The molecule has 4 unspecified atom stereocenters. The zero-order chi connectivity index (χ0) is 20.7. The minimum absolute atomic E-state index is 0.0773. The van der Waals surface area contributed by atoms with Crippen LogP contribution in [0.1, 0.15) is 55.2 Å². The van der Waals surface area contributed by atoms with E-state index in [4.69, 9.17) is 9.47 Å². The molecule has 1 saturated carbocycles. The number of aliphatic carboxylic acids is 1. The molecule has 1 heterocycles. The molecule has 0 spiro atoms. The third-order valence-electron chi connectivity index (χ3n) is 7.71. The SMILES string of the molecule is C[C@]12CCC3c4ccc(OC(Cc5ccccc5)C(=O)O)cc4CCC3C1CCO2. The number of hydrogen-bond donors (Lipinski definition) is 1. The lowest BCUT2D eigenvalue weighted by atomic mass is 9.59. The van der Waals surface area contributed by atoms with Crippen LogP contribution in [-0.4, -0.2) is 29.4 Å². The normalized spacial score (nSPS) is 30.6. The van der Waals surface area contributed by atoms with E-state index in [-0.39, 0.29) is 5.60 Å². The van der Waals surface area contributed by atoms with Crippen LogP contribution in [0.3, 0.4) is 0 Å². The van der Waals surface area contributed by atoms with E-state index in [9.17, 15) is 9.90 Å². The van der Waals surface area contributed by atoms with Crippen molar-refractivity contribution in [3.63, 3.8) is 0 Å². The number of fused-ring (bicyclic) bond motifs is 5. The number of carboxylic acid groups (broad SMARTS) is 1. The molecule has 1 aliphatic heterocycles. The molecule has 1 saturated heterocycles. The van der Waals surface area contributed by atoms with Crippen LogP contribution in [0, 0.1) is 11.8 Å². The number of rotatable bonds is 5. The Bertz CT molecular complexity index is 924. The highest BCUT2D eigenvalue weighted by molar-refractivity contribution is 5.73. The van der Waals surface area contributed by atoms with Crippen LogP contribution in [0.2, 0.25) is 0 Å². The maximum absolute atomic E-state index is 11.8. The second-order valence-corrected chi connectivity index (χ2v) is 9.40. The smallest absolute Gasteiger partial charge is 0.345 e. The summed E-state index contributed by atoms with van der Waals surface area (Å²) >= 11 is 0. The van der Waals surface area contributed by atoms with E-state index >= 15 is 0 Å². The second kappa shape index (κ2) is 7.73. The highest BCUT2D eigenvalue weighted by Crippen LogP contribution is 2.55. The maximum atomic E-state index is 11.8. The molecule has 2 aromatic rings. The van der Waals surface area contributed by atoms with Crippen LogP contribution < -0.4 is 4.74 Å². The van der Waals surface area contributed by atoms with Gasteiger partial charge in [0, 0.05) is 13.0 Å². The van der Waals surface area contributed by atoms with Gasteiger partial charge in [0.15, 0.2) is 6.10 Å². The van der Waals surface area contributed by atoms with Crippen molar-refractivity contribution in [1.29, 1.82) is 0 Å². The van der Waals surface area contributed by atoms with Crippen LogP contribution in [0.15, 0.2) is 48.5 Å². The van der Waals surface area contributed by atoms with Gasteiger partial charge in [-0.3, -0.25) is 0 Å². The quantitative estimate of drug-likeness (QED) is 0.759. The first-order valence-electron chi connectivity index (χ1n) is 11.2. The predicted octanol–water partition coefficient (Wildman–Crippen LogP) is 5.00. The minimum Gasteiger partial charge on any atom is -0.478 e. The standard InChI is InChI=1S/C26H30O4/c1-26-13-11-21-20-10-8-19(16-18(20)7-9-22(21)23(26)12-14-29-26)30-24(25(27)28)15-17-5-3-2-4-6-17/h2-6,8,10,16,21-24H,7,9,11-15H2,1H3,(H,27,28)/t21?,22?,23?,24?,26-/m0/s1. The lowest BCUT2D eigenvalue weighted by Crippen LogP contribution is -2.44. The van der Waals surface area contributed by atoms with Crippen molar-refractivity contribution in [2.45, 2.75) is 63.1 Å². The fourth-order valence-electron chi connectivity index (χ4n) is 6.21. The van der Waals surface area contributed by atoms with Crippen molar-refractivity contribution >= 4 is 5.97 Å². The molecule has 4 heteroatoms. The van der Waals surface area contributed by atoms with E-state index in [1.807, 2.05) is 36.4 Å². The Morgan fingerprint density at radius 3 is 2.83 bits per heavy atom. The summed E-state index contributed by atoms with van der Waals surface area (Å²) in [6.07, 6.45) is 5.21. The molecule has 2 fully saturated rings. The molecule has 1 N–H and O–H groups in total. The molecule has 2 aliphatic carbocycles.